The van der Waals surface area contributed by atoms with Crippen molar-refractivity contribution in [2.45, 2.75) is 38.8 Å². The Bertz CT molecular complexity index is 880. The van der Waals surface area contributed by atoms with Crippen LogP contribution in [0.15, 0.2) is 48.5 Å². The maximum absolute atomic E-state index is 12.7. The van der Waals surface area contributed by atoms with Gasteiger partial charge >= 0.3 is 0 Å². The number of carbonyl (C=O) groups is 2. The highest BCUT2D eigenvalue weighted by Crippen LogP contribution is 2.32. The fourth-order valence-electron chi connectivity index (χ4n) is 4.36. The van der Waals surface area contributed by atoms with E-state index in [2.05, 4.69) is 34.5 Å². The number of amides is 2. The van der Waals surface area contributed by atoms with E-state index in [4.69, 9.17) is 0 Å². The number of fused-ring (bicyclic) bond motifs is 2. The van der Waals surface area contributed by atoms with E-state index in [1.165, 1.54) is 18.1 Å². The molecule has 1 N–H and O–H groups in total. The molecule has 0 bridgehead atoms. The summed E-state index contributed by atoms with van der Waals surface area (Å²) in [7, 11) is 0. The van der Waals surface area contributed by atoms with Gasteiger partial charge in [-0.3, -0.25) is 19.4 Å². The van der Waals surface area contributed by atoms with Crippen LogP contribution in [0.1, 0.15) is 30.0 Å². The number of nitrogens with zero attached hydrogens (tertiary/aromatic N) is 2. The van der Waals surface area contributed by atoms with Crippen molar-refractivity contribution in [1.82, 2.24) is 10.2 Å². The molecule has 2 aliphatic rings. The highest BCUT2D eigenvalue weighted by Gasteiger charge is 2.36. The van der Waals surface area contributed by atoms with Crippen LogP contribution in [-0.2, 0) is 29.0 Å². The first-order valence-electron chi connectivity index (χ1n) is 10.1. The van der Waals surface area contributed by atoms with Gasteiger partial charge in [-0.1, -0.05) is 42.5 Å². The summed E-state index contributed by atoms with van der Waals surface area (Å²) >= 11 is 0. The molecule has 2 heterocycles. The van der Waals surface area contributed by atoms with E-state index in [9.17, 15) is 9.59 Å². The standard InChI is InChI=1S/C23H27N3O2/c1-17(27)26-21-10-5-4-8-19(21)15-22(26)23(28)24-12-6-13-25-14-11-18-7-2-3-9-20(18)16-25/h2-5,7-10,22H,6,11-16H2,1H3,(H,24,28)/t22-/m0/s1. The zero-order valence-electron chi connectivity index (χ0n) is 16.4. The fraction of sp³-hybridized carbons (Fsp3) is 0.391. The van der Waals surface area contributed by atoms with Gasteiger partial charge in [-0.2, -0.15) is 0 Å². The van der Waals surface area contributed by atoms with Crippen LogP contribution in [0.25, 0.3) is 0 Å². The lowest BCUT2D eigenvalue weighted by molar-refractivity contribution is -0.125. The summed E-state index contributed by atoms with van der Waals surface area (Å²) in [4.78, 5) is 28.9. The third-order valence-electron chi connectivity index (χ3n) is 5.78. The molecule has 2 aliphatic heterocycles. The number of hydrogen-bond donors (Lipinski definition) is 1. The summed E-state index contributed by atoms with van der Waals surface area (Å²) < 4.78 is 0. The molecule has 0 saturated carbocycles. The predicted octanol–water partition coefficient (Wildman–Crippen LogP) is 2.53. The lowest BCUT2D eigenvalue weighted by atomic mass is 10.00. The van der Waals surface area contributed by atoms with Crippen LogP contribution in [0.3, 0.4) is 0 Å². The normalized spacial score (nSPS) is 18.5. The number of benzene rings is 2. The van der Waals surface area contributed by atoms with Crippen molar-refractivity contribution < 1.29 is 9.59 Å². The summed E-state index contributed by atoms with van der Waals surface area (Å²) in [5.74, 6) is -0.146. The second-order valence-corrected chi connectivity index (χ2v) is 7.68. The predicted molar refractivity (Wildman–Crippen MR) is 110 cm³/mol. The van der Waals surface area contributed by atoms with Crippen LogP contribution in [0.5, 0.6) is 0 Å². The molecule has 28 heavy (non-hydrogen) atoms. The van der Waals surface area contributed by atoms with E-state index < -0.39 is 6.04 Å². The number of carbonyl (C=O) groups excluding carboxylic acids is 2. The van der Waals surface area contributed by atoms with E-state index in [0.29, 0.717) is 13.0 Å². The first-order chi connectivity index (χ1) is 13.6. The molecule has 0 unspecified atom stereocenters. The van der Waals surface area contributed by atoms with E-state index in [1.54, 1.807) is 4.90 Å². The fourth-order valence-corrected chi connectivity index (χ4v) is 4.36. The van der Waals surface area contributed by atoms with Gasteiger partial charge in [0.1, 0.15) is 6.04 Å². The Balaban J connectivity index is 1.27. The van der Waals surface area contributed by atoms with Crippen molar-refractivity contribution in [2.75, 3.05) is 24.5 Å². The molecule has 2 aromatic rings. The SMILES string of the molecule is CC(=O)N1c2ccccc2C[C@H]1C(=O)NCCCN1CCc2ccccc2C1. The minimum Gasteiger partial charge on any atom is -0.354 e. The number of rotatable bonds is 5. The molecular formula is C23H27N3O2. The maximum atomic E-state index is 12.7. The highest BCUT2D eigenvalue weighted by atomic mass is 16.2. The molecule has 5 heteroatoms. The van der Waals surface area contributed by atoms with E-state index in [1.807, 2.05) is 24.3 Å². The molecule has 4 rings (SSSR count). The van der Waals surface area contributed by atoms with Crippen molar-refractivity contribution >= 4 is 17.5 Å². The first-order valence-corrected chi connectivity index (χ1v) is 10.1. The van der Waals surface area contributed by atoms with Gasteiger partial charge in [-0.25, -0.2) is 0 Å². The summed E-state index contributed by atoms with van der Waals surface area (Å²) in [6.45, 7) is 5.18. The van der Waals surface area contributed by atoms with Crippen molar-refractivity contribution in [3.05, 3.63) is 65.2 Å². The van der Waals surface area contributed by atoms with Gasteiger partial charge in [-0.15, -0.1) is 0 Å². The summed E-state index contributed by atoms with van der Waals surface area (Å²) in [5.41, 5.74) is 4.79. The Morgan fingerprint density at radius 1 is 1.04 bits per heavy atom. The molecule has 0 saturated heterocycles. The van der Waals surface area contributed by atoms with Crippen LogP contribution in [-0.4, -0.2) is 42.4 Å². The van der Waals surface area contributed by atoms with E-state index >= 15 is 0 Å². The molecule has 0 spiro atoms. The van der Waals surface area contributed by atoms with Crippen molar-refractivity contribution in [2.24, 2.45) is 0 Å². The maximum Gasteiger partial charge on any atom is 0.243 e. The number of nitrogens with one attached hydrogen (secondary N) is 1. The van der Waals surface area contributed by atoms with Gasteiger partial charge in [0, 0.05) is 45.2 Å². The average molecular weight is 377 g/mol. The molecule has 1 atom stereocenters. The molecule has 2 aromatic carbocycles. The third kappa shape index (κ3) is 3.80. The van der Waals surface area contributed by atoms with Crippen LogP contribution in [0.4, 0.5) is 5.69 Å². The van der Waals surface area contributed by atoms with Crippen LogP contribution >= 0.6 is 0 Å². The van der Waals surface area contributed by atoms with Gasteiger partial charge in [0.15, 0.2) is 0 Å². The topological polar surface area (TPSA) is 52.7 Å². The van der Waals surface area contributed by atoms with Crippen LogP contribution < -0.4 is 10.2 Å². The Kier molecular flexibility index (Phi) is 5.44. The summed E-state index contributed by atoms with van der Waals surface area (Å²) in [5, 5.41) is 3.04. The molecule has 0 radical (unpaired) electrons. The van der Waals surface area contributed by atoms with Crippen LogP contribution in [0, 0.1) is 0 Å². The lowest BCUT2D eigenvalue weighted by Gasteiger charge is -2.28. The van der Waals surface area contributed by atoms with Gasteiger partial charge in [-0.05, 0) is 35.6 Å². The van der Waals surface area contributed by atoms with Crippen molar-refractivity contribution in [3.8, 4) is 0 Å². The largest absolute Gasteiger partial charge is 0.354 e. The van der Waals surface area contributed by atoms with Crippen molar-refractivity contribution in [3.63, 3.8) is 0 Å². The second kappa shape index (κ2) is 8.15. The third-order valence-corrected chi connectivity index (χ3v) is 5.78. The second-order valence-electron chi connectivity index (χ2n) is 7.68. The number of anilines is 1. The van der Waals surface area contributed by atoms with Gasteiger partial charge in [0.25, 0.3) is 0 Å². The minimum atomic E-state index is -0.434. The average Bonchev–Trinajstić information content (AvgIpc) is 3.11. The Morgan fingerprint density at radius 2 is 1.75 bits per heavy atom. The van der Waals surface area contributed by atoms with Gasteiger partial charge in [0.05, 0.1) is 0 Å². The summed E-state index contributed by atoms with van der Waals surface area (Å²) in [6, 6.07) is 16.0. The smallest absolute Gasteiger partial charge is 0.243 e. The molecule has 0 aliphatic carbocycles. The number of hydrogen-bond acceptors (Lipinski definition) is 3. The molecule has 0 aromatic heterocycles. The first kappa shape index (κ1) is 18.7. The monoisotopic (exact) mass is 377 g/mol. The van der Waals surface area contributed by atoms with E-state index in [-0.39, 0.29) is 11.8 Å². The Labute approximate surface area is 166 Å². The molecular weight excluding hydrogens is 350 g/mol. The molecule has 2 amide bonds. The molecule has 5 nitrogen and oxygen atoms in total. The quantitative estimate of drug-likeness (QED) is 0.815. The summed E-state index contributed by atoms with van der Waals surface area (Å²) in [6.07, 6.45) is 2.59. The Morgan fingerprint density at radius 3 is 2.54 bits per heavy atom. The van der Waals surface area contributed by atoms with Gasteiger partial charge in [0.2, 0.25) is 11.8 Å². The number of para-hydroxylation sites is 1. The zero-order chi connectivity index (χ0) is 19.5. The molecule has 146 valence electrons. The van der Waals surface area contributed by atoms with E-state index in [0.717, 1.165) is 43.7 Å². The van der Waals surface area contributed by atoms with Crippen molar-refractivity contribution in [1.29, 1.82) is 0 Å². The zero-order valence-corrected chi connectivity index (χ0v) is 16.4. The highest BCUT2D eigenvalue weighted by molar-refractivity contribution is 6.02. The lowest BCUT2D eigenvalue weighted by Crippen LogP contribution is -2.47. The Hall–Kier alpha value is -2.66. The van der Waals surface area contributed by atoms with Gasteiger partial charge < -0.3 is 5.32 Å². The minimum absolute atomic E-state index is 0.0598. The molecule has 0 fully saturated rings. The van der Waals surface area contributed by atoms with Crippen LogP contribution in [0.2, 0.25) is 0 Å².